The highest BCUT2D eigenvalue weighted by Crippen LogP contribution is 2.13. The van der Waals surface area contributed by atoms with Crippen LogP contribution in [0.4, 0.5) is 0 Å². The number of benzene rings is 2. The number of hydrogen-bond donors (Lipinski definition) is 2. The molecular weight excluding hydrogens is 350 g/mol. The lowest BCUT2D eigenvalue weighted by molar-refractivity contribution is 0.146. The van der Waals surface area contributed by atoms with Crippen LogP contribution in [0.15, 0.2) is 53.5 Å². The third kappa shape index (κ3) is 7.33. The van der Waals surface area contributed by atoms with E-state index in [0.29, 0.717) is 19.8 Å². The molecule has 0 amide bonds. The van der Waals surface area contributed by atoms with Gasteiger partial charge in [-0.3, -0.25) is 4.99 Å². The molecule has 0 spiro atoms. The Morgan fingerprint density at radius 3 is 2.58 bits per heavy atom. The molecule has 2 rings (SSSR count). The van der Waals surface area contributed by atoms with Gasteiger partial charge in [-0.2, -0.15) is 0 Å². The third-order valence-corrected chi connectivity index (χ3v) is 4.01. The number of nitrogens with zero attached hydrogens (tertiary/aromatic N) is 1. The molecule has 0 radical (unpaired) electrons. The van der Waals surface area contributed by atoms with E-state index in [0.717, 1.165) is 35.3 Å². The number of halogens is 1. The van der Waals surface area contributed by atoms with Crippen molar-refractivity contribution in [1.82, 2.24) is 10.6 Å². The fourth-order valence-electron chi connectivity index (χ4n) is 2.37. The molecule has 140 valence electrons. The van der Waals surface area contributed by atoms with Gasteiger partial charge in [0.05, 0.1) is 6.61 Å². The summed E-state index contributed by atoms with van der Waals surface area (Å²) in [4.78, 5) is 4.26. The summed E-state index contributed by atoms with van der Waals surface area (Å²) in [7, 11) is 3.43. The Bertz CT molecular complexity index is 690. The van der Waals surface area contributed by atoms with Gasteiger partial charge in [-0.05, 0) is 41.8 Å². The Labute approximate surface area is 160 Å². The van der Waals surface area contributed by atoms with Crippen molar-refractivity contribution in [1.29, 1.82) is 0 Å². The summed E-state index contributed by atoms with van der Waals surface area (Å²) < 4.78 is 10.6. The predicted molar refractivity (Wildman–Crippen MR) is 107 cm³/mol. The second-order valence-corrected chi connectivity index (χ2v) is 6.15. The minimum Gasteiger partial charge on any atom is -0.491 e. The molecule has 2 N–H and O–H groups in total. The Morgan fingerprint density at radius 1 is 1.04 bits per heavy atom. The maximum atomic E-state index is 5.90. The van der Waals surface area contributed by atoms with E-state index in [-0.39, 0.29) is 0 Å². The highest BCUT2D eigenvalue weighted by Gasteiger charge is 2.01. The van der Waals surface area contributed by atoms with Crippen molar-refractivity contribution in [2.24, 2.45) is 4.99 Å². The molecule has 26 heavy (non-hydrogen) atoms. The minimum atomic E-state index is 0.543. The van der Waals surface area contributed by atoms with E-state index in [1.807, 2.05) is 42.5 Å². The van der Waals surface area contributed by atoms with Gasteiger partial charge in [0.1, 0.15) is 12.4 Å². The molecule has 0 aromatic heterocycles. The SMILES string of the molecule is CN=C(NCCc1ccc(Cl)cc1)NCc1cccc(OCCOC)c1. The second kappa shape index (κ2) is 11.4. The Kier molecular flexibility index (Phi) is 8.79. The first-order valence-electron chi connectivity index (χ1n) is 8.61. The van der Waals surface area contributed by atoms with Crippen molar-refractivity contribution < 1.29 is 9.47 Å². The molecule has 0 unspecified atom stereocenters. The molecule has 0 aliphatic carbocycles. The predicted octanol–water partition coefficient (Wildman–Crippen LogP) is 3.27. The fraction of sp³-hybridized carbons (Fsp3) is 0.350. The molecule has 0 heterocycles. The van der Waals surface area contributed by atoms with Crippen LogP contribution >= 0.6 is 11.6 Å². The van der Waals surface area contributed by atoms with Crippen molar-refractivity contribution >= 4 is 17.6 Å². The molecule has 0 bridgehead atoms. The minimum absolute atomic E-state index is 0.543. The monoisotopic (exact) mass is 375 g/mol. The van der Waals surface area contributed by atoms with Gasteiger partial charge < -0.3 is 20.1 Å². The smallest absolute Gasteiger partial charge is 0.191 e. The first kappa shape index (κ1) is 20.1. The Morgan fingerprint density at radius 2 is 1.85 bits per heavy atom. The molecule has 5 nitrogen and oxygen atoms in total. The van der Waals surface area contributed by atoms with E-state index in [2.05, 4.69) is 21.7 Å². The number of nitrogens with one attached hydrogen (secondary N) is 2. The molecular formula is C20H26ClN3O2. The zero-order valence-electron chi connectivity index (χ0n) is 15.3. The standard InChI is InChI=1S/C20H26ClN3O2/c1-22-20(23-11-10-16-6-8-18(21)9-7-16)24-15-17-4-3-5-19(14-17)26-13-12-25-2/h3-9,14H,10-13,15H2,1-2H3,(H2,22,23,24). The van der Waals surface area contributed by atoms with Crippen LogP contribution in [0.5, 0.6) is 5.75 Å². The number of aliphatic imine (C=N–C) groups is 1. The Hall–Kier alpha value is -2.24. The number of ether oxygens (including phenoxy) is 2. The normalized spacial score (nSPS) is 11.3. The molecule has 0 aliphatic heterocycles. The number of hydrogen-bond acceptors (Lipinski definition) is 3. The summed E-state index contributed by atoms with van der Waals surface area (Å²) in [6.45, 7) is 2.58. The van der Waals surface area contributed by atoms with Crippen LogP contribution in [-0.4, -0.2) is 39.9 Å². The van der Waals surface area contributed by atoms with Gasteiger partial charge in [0, 0.05) is 32.3 Å². The van der Waals surface area contributed by atoms with E-state index in [9.17, 15) is 0 Å². The largest absolute Gasteiger partial charge is 0.491 e. The lowest BCUT2D eigenvalue weighted by atomic mass is 10.1. The highest BCUT2D eigenvalue weighted by molar-refractivity contribution is 6.30. The van der Waals surface area contributed by atoms with Crippen molar-refractivity contribution in [3.8, 4) is 5.75 Å². The average molecular weight is 376 g/mol. The van der Waals surface area contributed by atoms with Crippen LogP contribution in [0.3, 0.4) is 0 Å². The van der Waals surface area contributed by atoms with E-state index >= 15 is 0 Å². The summed E-state index contributed by atoms with van der Waals surface area (Å²) in [5, 5.41) is 7.39. The zero-order valence-corrected chi connectivity index (χ0v) is 16.1. The van der Waals surface area contributed by atoms with E-state index < -0.39 is 0 Å². The summed E-state index contributed by atoms with van der Waals surface area (Å²) >= 11 is 5.90. The van der Waals surface area contributed by atoms with Gasteiger partial charge in [-0.15, -0.1) is 0 Å². The van der Waals surface area contributed by atoms with Crippen LogP contribution in [0.25, 0.3) is 0 Å². The van der Waals surface area contributed by atoms with Gasteiger partial charge in [0.15, 0.2) is 5.96 Å². The summed E-state index contributed by atoms with van der Waals surface area (Å²) in [5.74, 6) is 1.61. The van der Waals surface area contributed by atoms with E-state index in [1.165, 1.54) is 5.56 Å². The first-order valence-corrected chi connectivity index (χ1v) is 8.98. The van der Waals surface area contributed by atoms with Crippen molar-refractivity contribution in [3.05, 3.63) is 64.7 Å². The summed E-state index contributed by atoms with van der Waals surface area (Å²) in [6, 6.07) is 15.9. The molecule has 2 aromatic carbocycles. The number of methoxy groups -OCH3 is 1. The lowest BCUT2D eigenvalue weighted by Gasteiger charge is -2.13. The maximum absolute atomic E-state index is 5.90. The molecule has 6 heteroatoms. The van der Waals surface area contributed by atoms with Crippen LogP contribution in [-0.2, 0) is 17.7 Å². The van der Waals surface area contributed by atoms with E-state index in [1.54, 1.807) is 14.2 Å². The maximum Gasteiger partial charge on any atom is 0.191 e. The Balaban J connectivity index is 1.75. The van der Waals surface area contributed by atoms with Gasteiger partial charge in [-0.1, -0.05) is 35.9 Å². The third-order valence-electron chi connectivity index (χ3n) is 3.76. The molecule has 0 atom stereocenters. The van der Waals surface area contributed by atoms with Crippen LogP contribution in [0.1, 0.15) is 11.1 Å². The lowest BCUT2D eigenvalue weighted by Crippen LogP contribution is -2.37. The molecule has 0 saturated heterocycles. The topological polar surface area (TPSA) is 54.9 Å². The van der Waals surface area contributed by atoms with E-state index in [4.69, 9.17) is 21.1 Å². The molecule has 2 aromatic rings. The molecule has 0 fully saturated rings. The highest BCUT2D eigenvalue weighted by atomic mass is 35.5. The quantitative estimate of drug-likeness (QED) is 0.401. The average Bonchev–Trinajstić information content (AvgIpc) is 2.66. The van der Waals surface area contributed by atoms with Gasteiger partial charge in [0.25, 0.3) is 0 Å². The number of rotatable bonds is 9. The van der Waals surface area contributed by atoms with Crippen LogP contribution in [0.2, 0.25) is 5.02 Å². The fourth-order valence-corrected chi connectivity index (χ4v) is 2.50. The molecule has 0 aliphatic rings. The van der Waals surface area contributed by atoms with Crippen LogP contribution < -0.4 is 15.4 Å². The summed E-state index contributed by atoms with van der Waals surface area (Å²) in [5.41, 5.74) is 2.36. The van der Waals surface area contributed by atoms with Gasteiger partial charge in [0.2, 0.25) is 0 Å². The van der Waals surface area contributed by atoms with Crippen molar-refractivity contribution in [2.45, 2.75) is 13.0 Å². The first-order chi connectivity index (χ1) is 12.7. The van der Waals surface area contributed by atoms with Gasteiger partial charge >= 0.3 is 0 Å². The molecule has 0 saturated carbocycles. The second-order valence-electron chi connectivity index (χ2n) is 5.72. The number of guanidine groups is 1. The summed E-state index contributed by atoms with van der Waals surface area (Å²) in [6.07, 6.45) is 0.903. The zero-order chi connectivity index (χ0) is 18.6. The van der Waals surface area contributed by atoms with Gasteiger partial charge in [-0.25, -0.2) is 0 Å². The van der Waals surface area contributed by atoms with Crippen molar-refractivity contribution in [3.63, 3.8) is 0 Å². The van der Waals surface area contributed by atoms with Crippen molar-refractivity contribution in [2.75, 3.05) is 33.9 Å². The van der Waals surface area contributed by atoms with Crippen LogP contribution in [0, 0.1) is 0 Å².